The van der Waals surface area contributed by atoms with E-state index in [0.29, 0.717) is 17.8 Å². The highest BCUT2D eigenvalue weighted by atomic mass is 16.3. The van der Waals surface area contributed by atoms with Crippen LogP contribution >= 0.6 is 0 Å². The Hall–Kier alpha value is -2.92. The fourth-order valence-electron chi connectivity index (χ4n) is 2.58. The van der Waals surface area contributed by atoms with E-state index in [9.17, 15) is 9.90 Å². The summed E-state index contributed by atoms with van der Waals surface area (Å²) < 4.78 is 1.77. The lowest BCUT2D eigenvalue weighted by atomic mass is 10.1. The summed E-state index contributed by atoms with van der Waals surface area (Å²) in [6.45, 7) is 2.43. The highest BCUT2D eigenvalue weighted by Gasteiger charge is 2.18. The smallest absolute Gasteiger partial charge is 0.255 e. The molecular weight excluding hydrogens is 314 g/mol. The summed E-state index contributed by atoms with van der Waals surface area (Å²) in [6, 6.07) is 19.6. The zero-order chi connectivity index (χ0) is 17.6. The predicted molar refractivity (Wildman–Crippen MR) is 97.2 cm³/mol. The van der Waals surface area contributed by atoms with E-state index in [1.165, 1.54) is 0 Å². The molecule has 3 aromatic rings. The highest BCUT2D eigenvalue weighted by molar-refractivity contribution is 5.99. The molecule has 0 fully saturated rings. The fraction of sp³-hybridized carbons (Fsp3) is 0.200. The first-order valence-corrected chi connectivity index (χ1v) is 8.26. The van der Waals surface area contributed by atoms with Gasteiger partial charge in [0, 0.05) is 18.3 Å². The van der Waals surface area contributed by atoms with Crippen LogP contribution in [-0.2, 0) is 6.54 Å². The lowest BCUT2D eigenvalue weighted by Crippen LogP contribution is -2.30. The molecule has 2 aromatic carbocycles. The summed E-state index contributed by atoms with van der Waals surface area (Å²) in [6.07, 6.45) is 1.16. The number of nitrogens with one attached hydrogen (secondary N) is 1. The molecule has 1 heterocycles. The van der Waals surface area contributed by atoms with Crippen LogP contribution in [0.2, 0.25) is 0 Å². The molecule has 0 aliphatic rings. The molecule has 0 bridgehead atoms. The number of hydrogen-bond donors (Lipinski definition) is 2. The second-order valence-corrected chi connectivity index (χ2v) is 6.00. The van der Waals surface area contributed by atoms with Gasteiger partial charge in [-0.15, -0.1) is 0 Å². The molecule has 3 rings (SSSR count). The van der Waals surface area contributed by atoms with Crippen molar-refractivity contribution >= 4 is 5.91 Å². The van der Waals surface area contributed by atoms with E-state index >= 15 is 0 Å². The van der Waals surface area contributed by atoms with Crippen molar-refractivity contribution in [2.75, 3.05) is 6.54 Å². The standard InChI is InChI=1S/C20H21N3O2/c1-15(24)12-21-20(25)18-14-23(13-16-8-4-2-5-9-16)22-19(18)17-10-6-3-7-11-17/h2-11,14-15,24H,12-13H2,1H3,(H,21,25). The van der Waals surface area contributed by atoms with Gasteiger partial charge in [-0.1, -0.05) is 60.7 Å². The van der Waals surface area contributed by atoms with Crippen LogP contribution in [0, 0.1) is 0 Å². The van der Waals surface area contributed by atoms with Crippen molar-refractivity contribution in [1.29, 1.82) is 0 Å². The Morgan fingerprint density at radius 1 is 1.12 bits per heavy atom. The Kier molecular flexibility index (Phi) is 5.26. The number of nitrogens with zero attached hydrogens (tertiary/aromatic N) is 2. The average Bonchev–Trinajstić information content (AvgIpc) is 3.05. The molecule has 0 saturated heterocycles. The Morgan fingerprint density at radius 3 is 2.40 bits per heavy atom. The van der Waals surface area contributed by atoms with Crippen LogP contribution in [0.25, 0.3) is 11.3 Å². The summed E-state index contributed by atoms with van der Waals surface area (Å²) in [5.74, 6) is -0.237. The molecular formula is C20H21N3O2. The van der Waals surface area contributed by atoms with Gasteiger partial charge in [-0.3, -0.25) is 9.48 Å². The zero-order valence-corrected chi connectivity index (χ0v) is 14.1. The van der Waals surface area contributed by atoms with Gasteiger partial charge in [-0.25, -0.2) is 0 Å². The van der Waals surface area contributed by atoms with Crippen molar-refractivity contribution in [3.63, 3.8) is 0 Å². The minimum atomic E-state index is -0.594. The summed E-state index contributed by atoms with van der Waals surface area (Å²) in [7, 11) is 0. The van der Waals surface area contributed by atoms with Crippen LogP contribution < -0.4 is 5.32 Å². The molecule has 0 aliphatic carbocycles. The quantitative estimate of drug-likeness (QED) is 0.728. The summed E-state index contributed by atoms with van der Waals surface area (Å²) in [5, 5.41) is 16.8. The summed E-state index contributed by atoms with van der Waals surface area (Å²) in [5.41, 5.74) is 3.14. The number of rotatable bonds is 6. The first-order valence-electron chi connectivity index (χ1n) is 8.26. The highest BCUT2D eigenvalue weighted by Crippen LogP contribution is 2.22. The second kappa shape index (κ2) is 7.77. The maximum Gasteiger partial charge on any atom is 0.255 e. The number of aliphatic hydroxyl groups excluding tert-OH is 1. The molecule has 2 N–H and O–H groups in total. The molecule has 5 heteroatoms. The molecule has 0 radical (unpaired) electrons. The molecule has 1 atom stereocenters. The topological polar surface area (TPSA) is 67.2 Å². The molecule has 128 valence electrons. The third-order valence-electron chi connectivity index (χ3n) is 3.80. The largest absolute Gasteiger partial charge is 0.392 e. The lowest BCUT2D eigenvalue weighted by Gasteiger charge is -2.07. The molecule has 25 heavy (non-hydrogen) atoms. The van der Waals surface area contributed by atoms with Crippen molar-refractivity contribution in [2.24, 2.45) is 0 Å². The molecule has 0 saturated carbocycles. The van der Waals surface area contributed by atoms with E-state index < -0.39 is 6.10 Å². The predicted octanol–water partition coefficient (Wildman–Crippen LogP) is 2.71. The van der Waals surface area contributed by atoms with Crippen LogP contribution in [-0.4, -0.2) is 33.4 Å². The first-order chi connectivity index (χ1) is 12.1. The van der Waals surface area contributed by atoms with Gasteiger partial charge in [0.1, 0.15) is 5.69 Å². The number of carbonyl (C=O) groups excluding carboxylic acids is 1. The average molecular weight is 335 g/mol. The van der Waals surface area contributed by atoms with Gasteiger partial charge in [-0.05, 0) is 12.5 Å². The molecule has 1 amide bonds. The van der Waals surface area contributed by atoms with Crippen molar-refractivity contribution < 1.29 is 9.90 Å². The van der Waals surface area contributed by atoms with E-state index in [1.54, 1.807) is 17.8 Å². The Bertz CT molecular complexity index is 827. The minimum Gasteiger partial charge on any atom is -0.392 e. The molecule has 1 aromatic heterocycles. The molecule has 0 spiro atoms. The Morgan fingerprint density at radius 2 is 1.76 bits per heavy atom. The maximum absolute atomic E-state index is 12.5. The third-order valence-corrected chi connectivity index (χ3v) is 3.80. The summed E-state index contributed by atoms with van der Waals surface area (Å²) >= 11 is 0. The lowest BCUT2D eigenvalue weighted by molar-refractivity contribution is 0.0924. The van der Waals surface area contributed by atoms with Crippen molar-refractivity contribution in [1.82, 2.24) is 15.1 Å². The normalized spacial score (nSPS) is 11.9. The van der Waals surface area contributed by atoms with Crippen LogP contribution in [0.1, 0.15) is 22.8 Å². The van der Waals surface area contributed by atoms with Gasteiger partial charge in [-0.2, -0.15) is 5.10 Å². The first kappa shape index (κ1) is 16.9. The number of aliphatic hydroxyl groups is 1. The van der Waals surface area contributed by atoms with E-state index in [0.717, 1.165) is 11.1 Å². The Balaban J connectivity index is 1.92. The van der Waals surface area contributed by atoms with E-state index in [-0.39, 0.29) is 12.5 Å². The number of aromatic nitrogens is 2. The van der Waals surface area contributed by atoms with Crippen molar-refractivity contribution in [3.8, 4) is 11.3 Å². The van der Waals surface area contributed by atoms with Crippen LogP contribution in [0.5, 0.6) is 0 Å². The van der Waals surface area contributed by atoms with Gasteiger partial charge in [0.15, 0.2) is 0 Å². The van der Waals surface area contributed by atoms with Crippen LogP contribution in [0.3, 0.4) is 0 Å². The summed E-state index contributed by atoms with van der Waals surface area (Å²) in [4.78, 5) is 12.5. The van der Waals surface area contributed by atoms with Gasteiger partial charge < -0.3 is 10.4 Å². The van der Waals surface area contributed by atoms with Crippen LogP contribution in [0.15, 0.2) is 66.9 Å². The Labute approximate surface area is 146 Å². The molecule has 1 unspecified atom stereocenters. The molecule has 5 nitrogen and oxygen atoms in total. The van der Waals surface area contributed by atoms with E-state index in [4.69, 9.17) is 0 Å². The van der Waals surface area contributed by atoms with Gasteiger partial charge in [0.05, 0.1) is 18.2 Å². The van der Waals surface area contributed by atoms with Gasteiger partial charge >= 0.3 is 0 Å². The van der Waals surface area contributed by atoms with Gasteiger partial charge in [0.2, 0.25) is 0 Å². The van der Waals surface area contributed by atoms with E-state index in [2.05, 4.69) is 10.4 Å². The monoisotopic (exact) mass is 335 g/mol. The zero-order valence-electron chi connectivity index (χ0n) is 14.1. The molecule has 0 aliphatic heterocycles. The van der Waals surface area contributed by atoms with Gasteiger partial charge in [0.25, 0.3) is 5.91 Å². The SMILES string of the molecule is CC(O)CNC(=O)c1cn(Cc2ccccc2)nc1-c1ccccc1. The number of carbonyl (C=O) groups is 1. The minimum absolute atomic E-state index is 0.205. The second-order valence-electron chi connectivity index (χ2n) is 6.00. The number of hydrogen-bond acceptors (Lipinski definition) is 3. The number of benzene rings is 2. The van der Waals surface area contributed by atoms with E-state index in [1.807, 2.05) is 60.7 Å². The fourth-order valence-corrected chi connectivity index (χ4v) is 2.58. The third kappa shape index (κ3) is 4.33. The maximum atomic E-state index is 12.5. The van der Waals surface area contributed by atoms with Crippen LogP contribution in [0.4, 0.5) is 0 Å². The van der Waals surface area contributed by atoms with Crippen molar-refractivity contribution in [2.45, 2.75) is 19.6 Å². The van der Waals surface area contributed by atoms with Crippen molar-refractivity contribution in [3.05, 3.63) is 78.0 Å². The number of amides is 1.